The van der Waals surface area contributed by atoms with Gasteiger partial charge in [-0.15, -0.1) is 19.7 Å². The summed E-state index contributed by atoms with van der Waals surface area (Å²) in [6.45, 7) is 29.0. The fraction of sp³-hybridized carbons (Fsp3) is 0.609. The number of phenols is 3. The third-order valence-electron chi connectivity index (χ3n) is 28.3. The van der Waals surface area contributed by atoms with Crippen LogP contribution in [0.3, 0.4) is 0 Å². The molecule has 5 aromatic rings. The van der Waals surface area contributed by atoms with Crippen LogP contribution in [0.2, 0.25) is 0 Å². The number of hydrogen-bond acceptors (Lipinski definition) is 19. The van der Waals surface area contributed by atoms with Gasteiger partial charge in [0.15, 0.2) is 34.5 Å². The predicted molar refractivity (Wildman–Crippen MR) is 437 cm³/mol. The summed E-state index contributed by atoms with van der Waals surface area (Å²) in [6, 6.07) is 26.2. The molecule has 0 amide bonds. The number of phenolic OH excluding ortho intramolecular Hbond substituents is 3. The molecule has 0 aromatic heterocycles. The van der Waals surface area contributed by atoms with Crippen LogP contribution in [0.1, 0.15) is 187 Å². The summed E-state index contributed by atoms with van der Waals surface area (Å²) in [6.07, 6.45) is 19.7. The number of alkyl halides is 3. The van der Waals surface area contributed by atoms with Crippen molar-refractivity contribution in [2.24, 2.45) is 5.73 Å². The van der Waals surface area contributed by atoms with Crippen molar-refractivity contribution in [2.45, 2.75) is 255 Å². The van der Waals surface area contributed by atoms with Gasteiger partial charge in [-0.2, -0.15) is 13.2 Å². The number of likely N-dealkylation sites (N-methyl/N-ethyl adjacent to an activating group) is 1. The smallest absolute Gasteiger partial charge is 0.416 e. The van der Waals surface area contributed by atoms with Crippen molar-refractivity contribution in [1.29, 1.82) is 0 Å². The van der Waals surface area contributed by atoms with Crippen LogP contribution >= 0.6 is 0 Å². The number of rotatable bonds is 31. The van der Waals surface area contributed by atoms with E-state index in [1.807, 2.05) is 73.8 Å². The quantitative estimate of drug-likeness (QED) is 0.0148. The summed E-state index contributed by atoms with van der Waals surface area (Å²) in [7, 11) is 2.02. The second kappa shape index (κ2) is 35.0. The number of ether oxygens (including phenoxy) is 6. The number of benzene rings is 5. The highest BCUT2D eigenvalue weighted by Crippen LogP contribution is 2.69. The molecule has 22 heteroatoms. The van der Waals surface area contributed by atoms with Crippen molar-refractivity contribution in [3.05, 3.63) is 173 Å². The molecule has 622 valence electrons. The van der Waals surface area contributed by atoms with Crippen LogP contribution in [-0.2, 0) is 51.2 Å². The lowest BCUT2D eigenvalue weighted by Gasteiger charge is -2.64. The van der Waals surface area contributed by atoms with Gasteiger partial charge < -0.3 is 80.3 Å². The molecule has 6 heterocycles. The lowest BCUT2D eigenvalue weighted by molar-refractivity contribution is -0.189. The fourth-order valence-corrected chi connectivity index (χ4v) is 22.8. The molecular formula is C92H126F3N7O12. The molecule has 5 aromatic carbocycles. The SMILES string of the molecule is C=CCN1CC[C@]23c4c5ccc(O)c4OC2[C@H](N)CC[C@@]3(O)C1C5.C=CCN1CC[C@]23c4c5ccc(O)c4OC2[C@H](NCCCC)CC[C@@]3(O)C1C5.C=CCN1CC[C@]23c4c5ccc(O)c4OC2[C@H](NCCCCCCOCCOCCN(C)CCC(Oc2ccc(C(F)(F)F)cc2)c2ccccc2)CC[C@@]3(O)C1C5.CCCC. The van der Waals surface area contributed by atoms with Crippen LogP contribution in [0.15, 0.2) is 129 Å². The number of unbranched alkanes of at least 4 members (excludes halogenated alkanes) is 5. The molecule has 0 radical (unpaired) electrons. The van der Waals surface area contributed by atoms with Crippen molar-refractivity contribution in [2.75, 3.05) is 98.9 Å². The van der Waals surface area contributed by atoms with Gasteiger partial charge in [0.25, 0.3) is 0 Å². The average Bonchev–Trinajstić information content (AvgIpc) is 1.46. The van der Waals surface area contributed by atoms with Crippen molar-refractivity contribution >= 4 is 0 Å². The van der Waals surface area contributed by atoms with Crippen LogP contribution in [0.4, 0.5) is 13.2 Å². The Balaban J connectivity index is 0.000000157. The maximum Gasteiger partial charge on any atom is 0.416 e. The Hall–Kier alpha value is -6.77. The Bertz CT molecular complexity index is 4140. The van der Waals surface area contributed by atoms with E-state index in [9.17, 15) is 43.8 Å². The molecule has 19 nitrogen and oxygen atoms in total. The summed E-state index contributed by atoms with van der Waals surface area (Å²) in [5, 5.41) is 76.0. The zero-order valence-electron chi connectivity index (χ0n) is 67.7. The number of nitrogens with one attached hydrogen (secondary N) is 2. The molecule has 16 atom stereocenters. The van der Waals surface area contributed by atoms with Gasteiger partial charge in [-0.05, 0) is 201 Å². The molecule has 3 spiro atoms. The molecular weight excluding hydrogens is 1450 g/mol. The number of piperidine rings is 3. The lowest BCUT2D eigenvalue weighted by Crippen LogP contribution is -2.78. The lowest BCUT2D eigenvalue weighted by atomic mass is 9.48. The van der Waals surface area contributed by atoms with E-state index in [0.29, 0.717) is 68.7 Å². The van der Waals surface area contributed by atoms with Gasteiger partial charge in [0.1, 0.15) is 30.2 Å². The fourth-order valence-electron chi connectivity index (χ4n) is 22.8. The van der Waals surface area contributed by atoms with Gasteiger partial charge in [0.05, 0.1) is 58.4 Å². The van der Waals surface area contributed by atoms with Crippen LogP contribution < -0.4 is 35.3 Å². The first-order valence-corrected chi connectivity index (χ1v) is 42.8. The van der Waals surface area contributed by atoms with E-state index < -0.39 is 44.8 Å². The molecule has 10 N–H and O–H groups in total. The highest BCUT2D eigenvalue weighted by Gasteiger charge is 2.76. The highest BCUT2D eigenvalue weighted by atomic mass is 19.4. The van der Waals surface area contributed by atoms with Crippen LogP contribution in [0.25, 0.3) is 0 Å². The van der Waals surface area contributed by atoms with Gasteiger partial charge in [0, 0.05) is 98.7 Å². The number of halogens is 3. The van der Waals surface area contributed by atoms with Crippen molar-refractivity contribution in [3.8, 4) is 40.2 Å². The molecule has 3 saturated heterocycles. The summed E-state index contributed by atoms with van der Waals surface area (Å²) >= 11 is 0. The zero-order chi connectivity index (χ0) is 80.4. The predicted octanol–water partition coefficient (Wildman–Crippen LogP) is 12.8. The van der Waals surface area contributed by atoms with E-state index in [2.05, 4.69) is 70.7 Å². The standard InChI is InChI=1S/C46H60F3N3O6.C23H32N2O3.C19H24N2O3.C4H10/c1-3-24-52-26-22-44-41-34-13-18-38(53)42(41)58-43(44)37(19-21-45(44,54)40(52)32-34)50-23-9-4-5-10-28-55-30-31-56-29-27-51(2)25-20-39(33-11-7-6-8-12-33)57-36-16-14-35(15-17-36)46(47,48)49;1-3-5-11-24-16-8-9-23(27)18-14-15-6-7-17(26)20-19(15)22(23,21(16)28-20)10-13-25(18)12-4-2;1-2-8-21-9-7-18-15-11-3-4-13(22)16(15)24-17(18)12(20)5-6-19(18,23)14(21)10-11;1-3-4-2/h3,6-8,11-18,37,39-40,43,50,53-54H,1,4-5,9-10,19-32H2,2H3;4,6-7,16,18,21,24,26-27H,2-3,5,8-14H2,1H3;2-4,12,14,17,22-23H,1,5-10,20H2;3-4H2,1-2H3/t37-,39?,40?,43?,44+,45-;16-,18?,21?,22+,23-;12-,14?,17?,18+,19-;/m111./s1. The largest absolute Gasteiger partial charge is 0.504 e. The molecule has 6 aliphatic carbocycles. The Labute approximate surface area is 673 Å². The molecule has 17 rings (SSSR count). The number of nitrogens with zero attached hydrogens (tertiary/aromatic N) is 4. The molecule has 6 aliphatic heterocycles. The second-order valence-corrected chi connectivity index (χ2v) is 34.4. The van der Waals surface area contributed by atoms with Crippen LogP contribution in [0, 0.1) is 0 Å². The minimum atomic E-state index is -4.38. The maximum absolute atomic E-state index is 13.0. The third kappa shape index (κ3) is 14.9. The molecule has 6 fully saturated rings. The number of likely N-dealkylation sites (tertiary alicyclic amines) is 3. The van der Waals surface area contributed by atoms with E-state index in [4.69, 9.17) is 34.2 Å². The van der Waals surface area contributed by atoms with E-state index in [-0.39, 0.29) is 77.9 Å². The normalized spacial score (nSPS) is 31.4. The van der Waals surface area contributed by atoms with Gasteiger partial charge in [-0.25, -0.2) is 0 Å². The number of aromatic hydroxyl groups is 3. The molecule has 12 aliphatic rings. The number of aliphatic hydroxyl groups is 3. The summed E-state index contributed by atoms with van der Waals surface area (Å²) < 4.78 is 76.2. The molecule has 114 heavy (non-hydrogen) atoms. The minimum Gasteiger partial charge on any atom is -0.504 e. The van der Waals surface area contributed by atoms with Crippen molar-refractivity contribution < 1.29 is 72.2 Å². The van der Waals surface area contributed by atoms with E-state index >= 15 is 0 Å². The minimum absolute atomic E-state index is 0.00923. The molecule has 3 saturated carbocycles. The molecule has 7 unspecified atom stereocenters. The van der Waals surface area contributed by atoms with Gasteiger partial charge >= 0.3 is 6.18 Å². The number of nitrogens with two attached hydrogens (primary N) is 1. The monoisotopic (exact) mass is 1580 g/mol. The summed E-state index contributed by atoms with van der Waals surface area (Å²) in [4.78, 5) is 9.29. The number of hydrogen-bond donors (Lipinski definition) is 9. The Morgan fingerprint density at radius 1 is 0.535 bits per heavy atom. The average molecular weight is 1580 g/mol. The first kappa shape index (κ1) is 83.7. The third-order valence-corrected chi connectivity index (χ3v) is 28.3. The first-order valence-electron chi connectivity index (χ1n) is 42.8. The van der Waals surface area contributed by atoms with Gasteiger partial charge in [-0.3, -0.25) is 14.7 Å². The van der Waals surface area contributed by atoms with Crippen LogP contribution in [0.5, 0.6) is 40.2 Å². The highest BCUT2D eigenvalue weighted by molar-refractivity contribution is 5.65. The Morgan fingerprint density at radius 3 is 1.43 bits per heavy atom. The van der Waals surface area contributed by atoms with E-state index in [1.54, 1.807) is 18.2 Å². The first-order chi connectivity index (χ1) is 55.1. The van der Waals surface area contributed by atoms with Crippen molar-refractivity contribution in [3.63, 3.8) is 0 Å². The van der Waals surface area contributed by atoms with E-state index in [0.717, 1.165) is 203 Å². The topological polar surface area (TPSA) is 240 Å². The van der Waals surface area contributed by atoms with Crippen molar-refractivity contribution in [1.82, 2.24) is 30.2 Å². The Kier molecular flexibility index (Phi) is 25.7. The maximum atomic E-state index is 13.0. The second-order valence-electron chi connectivity index (χ2n) is 34.4. The summed E-state index contributed by atoms with van der Waals surface area (Å²) in [5.41, 5.74) is 9.44. The van der Waals surface area contributed by atoms with Gasteiger partial charge in [-0.1, -0.05) is 120 Å². The zero-order valence-corrected chi connectivity index (χ0v) is 67.7. The van der Waals surface area contributed by atoms with Gasteiger partial charge in [0.2, 0.25) is 0 Å². The Morgan fingerprint density at radius 2 is 0.974 bits per heavy atom. The summed E-state index contributed by atoms with van der Waals surface area (Å²) in [5.74, 6) is 2.72. The molecule has 6 bridgehead atoms. The van der Waals surface area contributed by atoms with E-state index in [1.165, 1.54) is 41.7 Å². The van der Waals surface area contributed by atoms with Crippen LogP contribution in [-0.4, -0.2) is 221 Å².